The van der Waals surface area contributed by atoms with Crippen LogP contribution in [-0.2, 0) is 10.8 Å². The summed E-state index contributed by atoms with van der Waals surface area (Å²) in [6, 6.07) is 17.7. The van der Waals surface area contributed by atoms with Crippen molar-refractivity contribution >= 4 is 17.1 Å². The van der Waals surface area contributed by atoms with E-state index in [2.05, 4.69) is 130 Å². The van der Waals surface area contributed by atoms with E-state index in [1.807, 2.05) is 13.8 Å². The number of hydrogen-bond donors (Lipinski definition) is 0. The van der Waals surface area contributed by atoms with Gasteiger partial charge in [0.2, 0.25) is 5.69 Å². The van der Waals surface area contributed by atoms with E-state index in [0.29, 0.717) is 0 Å². The summed E-state index contributed by atoms with van der Waals surface area (Å²) in [5.74, 6) is 0. The van der Waals surface area contributed by atoms with Gasteiger partial charge in [0, 0.05) is 41.1 Å². The van der Waals surface area contributed by atoms with E-state index < -0.39 is 0 Å². The Morgan fingerprint density at radius 2 is 1.44 bits per heavy atom. The molecule has 2 aliphatic heterocycles. The van der Waals surface area contributed by atoms with E-state index in [-0.39, 0.29) is 10.8 Å². The lowest BCUT2D eigenvalue weighted by Crippen LogP contribution is -2.27. The molecule has 4 rings (SSSR count). The highest BCUT2D eigenvalue weighted by Gasteiger charge is 2.42. The van der Waals surface area contributed by atoms with Gasteiger partial charge in [-0.05, 0) is 38.0 Å². The Labute approximate surface area is 220 Å². The lowest BCUT2D eigenvalue weighted by atomic mass is 9.81. The summed E-state index contributed by atoms with van der Waals surface area (Å²) in [6.45, 7) is 16.7. The normalized spacial score (nSPS) is 18.7. The van der Waals surface area contributed by atoms with Crippen LogP contribution in [0.25, 0.3) is 0 Å². The lowest BCUT2D eigenvalue weighted by molar-refractivity contribution is -0.401. The summed E-state index contributed by atoms with van der Waals surface area (Å²) in [4.78, 5) is 2.55. The molecule has 0 spiro atoms. The predicted molar refractivity (Wildman–Crippen MR) is 159 cm³/mol. The highest BCUT2D eigenvalue weighted by molar-refractivity contribution is 6.03. The van der Waals surface area contributed by atoms with Crippen LogP contribution in [-0.4, -0.2) is 23.9 Å². The number of rotatable bonds is 8. The Balaban J connectivity index is 0.00000176. The van der Waals surface area contributed by atoms with Crippen molar-refractivity contribution in [3.05, 3.63) is 95.7 Å². The van der Waals surface area contributed by atoms with Crippen LogP contribution in [0.15, 0.2) is 84.6 Å². The number of benzene rings is 2. The second kappa shape index (κ2) is 11.9. The van der Waals surface area contributed by atoms with Gasteiger partial charge in [0.15, 0.2) is 5.71 Å². The van der Waals surface area contributed by atoms with E-state index in [9.17, 15) is 0 Å². The molecule has 0 aromatic heterocycles. The molecular weight excluding hydrogens is 436 g/mol. The van der Waals surface area contributed by atoms with Crippen LogP contribution < -0.4 is 4.90 Å². The van der Waals surface area contributed by atoms with Gasteiger partial charge in [-0.3, -0.25) is 0 Å². The number of nitrogens with zero attached hydrogens (tertiary/aromatic N) is 2. The molecule has 0 bridgehead atoms. The van der Waals surface area contributed by atoms with Gasteiger partial charge in [0.1, 0.15) is 7.05 Å². The third kappa shape index (κ3) is 5.28. The number of anilines is 1. The Kier molecular flexibility index (Phi) is 9.17. The van der Waals surface area contributed by atoms with Crippen LogP contribution >= 0.6 is 0 Å². The third-order valence-corrected chi connectivity index (χ3v) is 7.71. The molecule has 0 atom stereocenters. The highest BCUT2D eigenvalue weighted by atomic mass is 15.2. The van der Waals surface area contributed by atoms with E-state index in [1.165, 1.54) is 59.6 Å². The van der Waals surface area contributed by atoms with Gasteiger partial charge in [0.25, 0.3) is 0 Å². The molecule has 2 nitrogen and oxygen atoms in total. The Hall–Kier alpha value is -2.87. The molecule has 0 N–H and O–H groups in total. The van der Waals surface area contributed by atoms with Crippen LogP contribution in [0.1, 0.15) is 85.3 Å². The van der Waals surface area contributed by atoms with Crippen molar-refractivity contribution < 1.29 is 4.58 Å². The Morgan fingerprint density at radius 3 is 2.14 bits per heavy atom. The monoisotopic (exact) mass is 483 g/mol. The fourth-order valence-electron chi connectivity index (χ4n) is 5.74. The van der Waals surface area contributed by atoms with Crippen LogP contribution in [0, 0.1) is 0 Å². The second-order valence-corrected chi connectivity index (χ2v) is 10.7. The number of allylic oxidation sites excluding steroid dienone is 6. The van der Waals surface area contributed by atoms with Crippen LogP contribution in [0.5, 0.6) is 0 Å². The van der Waals surface area contributed by atoms with Crippen molar-refractivity contribution in [2.45, 2.75) is 85.0 Å². The molecule has 0 amide bonds. The van der Waals surface area contributed by atoms with Gasteiger partial charge in [-0.1, -0.05) is 109 Å². The topological polar surface area (TPSA) is 6.25 Å². The molecule has 0 saturated carbocycles. The van der Waals surface area contributed by atoms with Gasteiger partial charge in [-0.25, -0.2) is 0 Å². The molecular formula is C34H47N2+. The summed E-state index contributed by atoms with van der Waals surface area (Å²) in [7, 11) is 2.17. The average molecular weight is 484 g/mol. The summed E-state index contributed by atoms with van der Waals surface area (Å²) >= 11 is 0. The number of para-hydroxylation sites is 2. The summed E-state index contributed by atoms with van der Waals surface area (Å²) in [5, 5.41) is 0. The molecule has 0 radical (unpaired) electrons. The smallest absolute Gasteiger partial charge is 0.209 e. The van der Waals surface area contributed by atoms with Crippen LogP contribution in [0.2, 0.25) is 0 Å². The zero-order chi connectivity index (χ0) is 26.3. The van der Waals surface area contributed by atoms with Crippen molar-refractivity contribution in [1.82, 2.24) is 0 Å². The quantitative estimate of drug-likeness (QED) is 0.206. The van der Waals surface area contributed by atoms with Crippen LogP contribution in [0.3, 0.4) is 0 Å². The fourth-order valence-corrected chi connectivity index (χ4v) is 5.74. The van der Waals surface area contributed by atoms with Gasteiger partial charge >= 0.3 is 0 Å². The molecule has 36 heavy (non-hydrogen) atoms. The maximum absolute atomic E-state index is 2.55. The number of fused-ring (bicyclic) bond motifs is 2. The highest BCUT2D eigenvalue weighted by Crippen LogP contribution is 2.47. The minimum Gasteiger partial charge on any atom is -0.344 e. The van der Waals surface area contributed by atoms with Crippen molar-refractivity contribution in [2.75, 3.05) is 18.5 Å². The molecule has 0 unspecified atom stereocenters. The van der Waals surface area contributed by atoms with E-state index in [0.717, 1.165) is 6.54 Å². The van der Waals surface area contributed by atoms with Gasteiger partial charge < -0.3 is 4.90 Å². The van der Waals surface area contributed by atoms with E-state index in [1.54, 1.807) is 0 Å². The van der Waals surface area contributed by atoms with E-state index >= 15 is 0 Å². The van der Waals surface area contributed by atoms with Crippen molar-refractivity contribution in [1.29, 1.82) is 0 Å². The Bertz CT molecular complexity index is 1160. The molecule has 2 aromatic carbocycles. The molecule has 0 aliphatic carbocycles. The van der Waals surface area contributed by atoms with E-state index in [4.69, 9.17) is 0 Å². The molecule has 2 heteroatoms. The number of hydrogen-bond acceptors (Lipinski definition) is 1. The largest absolute Gasteiger partial charge is 0.344 e. The molecule has 192 valence electrons. The van der Waals surface area contributed by atoms with Gasteiger partial charge in [-0.15, -0.1) is 0 Å². The first-order valence-electron chi connectivity index (χ1n) is 13.9. The molecule has 2 heterocycles. The predicted octanol–water partition coefficient (Wildman–Crippen LogP) is 9.09. The summed E-state index contributed by atoms with van der Waals surface area (Å²) in [6.07, 6.45) is 16.3. The van der Waals surface area contributed by atoms with Crippen molar-refractivity contribution in [3.8, 4) is 0 Å². The first kappa shape index (κ1) is 27.7. The minimum absolute atomic E-state index is 0.0124. The minimum atomic E-state index is 0.0124. The van der Waals surface area contributed by atoms with Gasteiger partial charge in [0.05, 0.1) is 5.41 Å². The molecule has 0 saturated heterocycles. The SMILES string of the molecule is CC.CCCCCCN1/C(=C/C=C/C=C/C2=[N+](C)c3ccccc3C2(C)C)C(C)(C)c2ccccc21. The van der Waals surface area contributed by atoms with Crippen molar-refractivity contribution in [3.63, 3.8) is 0 Å². The molecule has 2 aromatic rings. The zero-order valence-corrected chi connectivity index (χ0v) is 23.9. The average Bonchev–Trinajstić information content (AvgIpc) is 3.22. The van der Waals surface area contributed by atoms with Crippen molar-refractivity contribution in [2.24, 2.45) is 0 Å². The maximum Gasteiger partial charge on any atom is 0.209 e. The fraction of sp³-hybridized carbons (Fsp3) is 0.441. The van der Waals surface area contributed by atoms with Gasteiger partial charge in [-0.2, -0.15) is 4.58 Å². The standard InChI is InChI=1S/C32H41N2.C2H6/c1-7-8-9-17-24-34-28-21-16-14-19-26(28)32(4,5)30(34)23-12-10-11-22-29-31(2,3)25-18-13-15-20-27(25)33(29)6;1-2/h10-16,18-23H,7-9,17,24H2,1-6H3;1-2H3/q+1;. The Morgan fingerprint density at radius 1 is 0.778 bits per heavy atom. The molecule has 0 fully saturated rings. The lowest BCUT2D eigenvalue weighted by Gasteiger charge is -2.27. The summed E-state index contributed by atoms with van der Waals surface area (Å²) < 4.78 is 2.33. The first-order valence-corrected chi connectivity index (χ1v) is 13.9. The first-order chi connectivity index (χ1) is 17.3. The number of unbranched alkanes of at least 4 members (excludes halogenated alkanes) is 3. The maximum atomic E-state index is 2.55. The molecule has 2 aliphatic rings. The third-order valence-electron chi connectivity index (χ3n) is 7.71. The zero-order valence-electron chi connectivity index (χ0n) is 23.9. The second-order valence-electron chi connectivity index (χ2n) is 10.7. The van der Waals surface area contributed by atoms with Crippen LogP contribution in [0.4, 0.5) is 11.4 Å². The summed E-state index contributed by atoms with van der Waals surface area (Å²) in [5.41, 5.74) is 8.27.